The van der Waals surface area contributed by atoms with E-state index in [0.717, 1.165) is 31.6 Å². The second-order valence-electron chi connectivity index (χ2n) is 7.38. The van der Waals surface area contributed by atoms with Gasteiger partial charge < -0.3 is 10.6 Å². The van der Waals surface area contributed by atoms with Crippen LogP contribution in [0.1, 0.15) is 53.9 Å². The Morgan fingerprint density at radius 2 is 2.04 bits per heavy atom. The number of hydrogen-bond donors (Lipinski definition) is 2. The van der Waals surface area contributed by atoms with Crippen LogP contribution in [0.4, 0.5) is 0 Å². The van der Waals surface area contributed by atoms with Gasteiger partial charge in [-0.1, -0.05) is 18.2 Å². The lowest BCUT2D eigenvalue weighted by atomic mass is 9.92. The highest BCUT2D eigenvalue weighted by molar-refractivity contribution is 5.96. The molecule has 1 amide bonds. The number of hydrogen-bond acceptors (Lipinski definition) is 3. The van der Waals surface area contributed by atoms with Crippen LogP contribution in [-0.2, 0) is 0 Å². The monoisotopic (exact) mass is 313 g/mol. The topological polar surface area (TPSA) is 44.4 Å². The first kappa shape index (κ1) is 15.2. The molecule has 1 aromatic carbocycles. The highest BCUT2D eigenvalue weighted by atomic mass is 16.1. The van der Waals surface area contributed by atoms with Crippen LogP contribution in [0.25, 0.3) is 0 Å². The summed E-state index contributed by atoms with van der Waals surface area (Å²) in [5.41, 5.74) is 2.34. The molecule has 0 saturated carbocycles. The van der Waals surface area contributed by atoms with Crippen molar-refractivity contribution in [1.29, 1.82) is 0 Å². The molecule has 0 aliphatic carbocycles. The van der Waals surface area contributed by atoms with Gasteiger partial charge in [-0.05, 0) is 69.3 Å². The summed E-state index contributed by atoms with van der Waals surface area (Å²) in [5, 5.41) is 6.67. The quantitative estimate of drug-likeness (QED) is 0.895. The minimum absolute atomic E-state index is 0.112. The summed E-state index contributed by atoms with van der Waals surface area (Å²) in [6.45, 7) is 5.27. The lowest BCUT2D eigenvalue weighted by Gasteiger charge is -2.32. The molecule has 3 heterocycles. The van der Waals surface area contributed by atoms with E-state index >= 15 is 0 Å². The van der Waals surface area contributed by atoms with Crippen molar-refractivity contribution in [2.24, 2.45) is 0 Å². The van der Waals surface area contributed by atoms with E-state index in [1.807, 2.05) is 12.1 Å². The van der Waals surface area contributed by atoms with E-state index in [9.17, 15) is 4.79 Å². The summed E-state index contributed by atoms with van der Waals surface area (Å²) in [6.07, 6.45) is 6.16. The van der Waals surface area contributed by atoms with Crippen LogP contribution in [0, 0.1) is 0 Å². The van der Waals surface area contributed by atoms with Gasteiger partial charge in [0.1, 0.15) is 0 Å². The molecule has 0 aromatic heterocycles. The fourth-order valence-electron chi connectivity index (χ4n) is 4.83. The van der Waals surface area contributed by atoms with Crippen molar-refractivity contribution >= 4 is 5.91 Å². The van der Waals surface area contributed by atoms with Gasteiger partial charge in [0.25, 0.3) is 5.91 Å². The van der Waals surface area contributed by atoms with Crippen LogP contribution in [0.15, 0.2) is 24.3 Å². The Kier molecular flexibility index (Phi) is 4.12. The van der Waals surface area contributed by atoms with Crippen LogP contribution in [0.2, 0.25) is 0 Å². The van der Waals surface area contributed by atoms with E-state index in [1.54, 1.807) is 0 Å². The van der Waals surface area contributed by atoms with Gasteiger partial charge in [-0.25, -0.2) is 0 Å². The van der Waals surface area contributed by atoms with Gasteiger partial charge in [-0.15, -0.1) is 0 Å². The molecule has 3 aliphatic heterocycles. The maximum atomic E-state index is 12.8. The van der Waals surface area contributed by atoms with Crippen molar-refractivity contribution in [2.45, 2.75) is 43.6 Å². The third-order valence-electron chi connectivity index (χ3n) is 6.09. The summed E-state index contributed by atoms with van der Waals surface area (Å²) in [4.78, 5) is 15.4. The standard InChI is InChI=1S/C19H27N3O/c23-18(21-14-19-8-3-11-22(19)12-4-9-19)17-6-2-1-5-16(17)15-7-10-20-13-15/h1-2,5-6,15,20H,3-4,7-14H2,(H,21,23)/t15-/m0/s1. The highest BCUT2D eigenvalue weighted by Crippen LogP contribution is 2.38. The third-order valence-corrected chi connectivity index (χ3v) is 6.09. The van der Waals surface area contributed by atoms with Crippen LogP contribution in [0.3, 0.4) is 0 Å². The number of carbonyl (C=O) groups excluding carboxylic acids is 1. The molecule has 1 atom stereocenters. The van der Waals surface area contributed by atoms with Gasteiger partial charge in [0.05, 0.1) is 0 Å². The largest absolute Gasteiger partial charge is 0.350 e. The average Bonchev–Trinajstić information content (AvgIpc) is 3.29. The van der Waals surface area contributed by atoms with Crippen molar-refractivity contribution in [3.8, 4) is 0 Å². The summed E-state index contributed by atoms with van der Waals surface area (Å²) >= 11 is 0. The predicted octanol–water partition coefficient (Wildman–Crippen LogP) is 2.12. The molecule has 0 unspecified atom stereocenters. The van der Waals surface area contributed by atoms with Gasteiger partial charge in [0, 0.05) is 24.2 Å². The summed E-state index contributed by atoms with van der Waals surface area (Å²) < 4.78 is 0. The predicted molar refractivity (Wildman–Crippen MR) is 91.8 cm³/mol. The molecule has 0 spiro atoms. The molecule has 4 nitrogen and oxygen atoms in total. The molecule has 3 fully saturated rings. The number of nitrogens with one attached hydrogen (secondary N) is 2. The molecule has 0 radical (unpaired) electrons. The lowest BCUT2D eigenvalue weighted by Crippen LogP contribution is -2.48. The highest BCUT2D eigenvalue weighted by Gasteiger charge is 2.44. The van der Waals surface area contributed by atoms with Crippen LogP contribution >= 0.6 is 0 Å². The van der Waals surface area contributed by atoms with Crippen molar-refractivity contribution in [3.05, 3.63) is 35.4 Å². The van der Waals surface area contributed by atoms with Crippen LogP contribution in [0.5, 0.6) is 0 Å². The molecule has 0 bridgehead atoms. The summed E-state index contributed by atoms with van der Waals surface area (Å²) in [6, 6.07) is 8.15. The number of carbonyl (C=O) groups is 1. The van der Waals surface area contributed by atoms with E-state index in [1.165, 1.54) is 44.3 Å². The second-order valence-corrected chi connectivity index (χ2v) is 7.38. The fraction of sp³-hybridized carbons (Fsp3) is 0.632. The van der Waals surface area contributed by atoms with Gasteiger partial charge in [-0.3, -0.25) is 9.69 Å². The van der Waals surface area contributed by atoms with E-state index < -0.39 is 0 Å². The molecule has 23 heavy (non-hydrogen) atoms. The Morgan fingerprint density at radius 3 is 2.78 bits per heavy atom. The van der Waals surface area contributed by atoms with E-state index in [0.29, 0.717) is 5.92 Å². The van der Waals surface area contributed by atoms with Crippen molar-refractivity contribution in [3.63, 3.8) is 0 Å². The van der Waals surface area contributed by atoms with Gasteiger partial charge >= 0.3 is 0 Å². The second kappa shape index (κ2) is 6.25. The zero-order valence-electron chi connectivity index (χ0n) is 13.8. The number of fused-ring (bicyclic) bond motifs is 1. The van der Waals surface area contributed by atoms with Crippen LogP contribution in [-0.4, -0.2) is 49.1 Å². The minimum Gasteiger partial charge on any atom is -0.350 e. The van der Waals surface area contributed by atoms with Gasteiger partial charge in [0.15, 0.2) is 0 Å². The zero-order valence-corrected chi connectivity index (χ0v) is 13.8. The molecular weight excluding hydrogens is 286 g/mol. The molecule has 124 valence electrons. The summed E-state index contributed by atoms with van der Waals surface area (Å²) in [5.74, 6) is 0.588. The Balaban J connectivity index is 1.47. The Bertz CT molecular complexity index is 570. The molecule has 2 N–H and O–H groups in total. The normalized spacial score (nSPS) is 26.3. The zero-order chi connectivity index (χ0) is 15.7. The van der Waals surface area contributed by atoms with E-state index in [2.05, 4.69) is 27.7 Å². The maximum absolute atomic E-state index is 12.8. The number of amides is 1. The van der Waals surface area contributed by atoms with E-state index in [4.69, 9.17) is 0 Å². The Hall–Kier alpha value is -1.39. The molecule has 3 saturated heterocycles. The molecule has 4 heteroatoms. The SMILES string of the molecule is O=C(NCC12CCCN1CCC2)c1ccccc1[C@H]1CCNC1. The molecule has 3 aliphatic rings. The summed E-state index contributed by atoms with van der Waals surface area (Å²) in [7, 11) is 0. The smallest absolute Gasteiger partial charge is 0.251 e. The van der Waals surface area contributed by atoms with E-state index in [-0.39, 0.29) is 11.4 Å². The number of nitrogens with zero attached hydrogens (tertiary/aromatic N) is 1. The minimum atomic E-state index is 0.112. The molecular formula is C19H27N3O. The Morgan fingerprint density at radius 1 is 1.26 bits per heavy atom. The lowest BCUT2D eigenvalue weighted by molar-refractivity contribution is 0.0918. The first-order valence-corrected chi connectivity index (χ1v) is 9.11. The fourth-order valence-corrected chi connectivity index (χ4v) is 4.83. The number of benzene rings is 1. The van der Waals surface area contributed by atoms with Crippen molar-refractivity contribution in [1.82, 2.24) is 15.5 Å². The average molecular weight is 313 g/mol. The molecule has 4 rings (SSSR count). The molecule has 1 aromatic rings. The number of rotatable bonds is 4. The third kappa shape index (κ3) is 2.79. The maximum Gasteiger partial charge on any atom is 0.251 e. The van der Waals surface area contributed by atoms with Gasteiger partial charge in [-0.2, -0.15) is 0 Å². The van der Waals surface area contributed by atoms with Crippen LogP contribution < -0.4 is 10.6 Å². The first-order valence-electron chi connectivity index (χ1n) is 9.11. The first-order chi connectivity index (χ1) is 11.3. The van der Waals surface area contributed by atoms with Crippen molar-refractivity contribution < 1.29 is 4.79 Å². The Labute approximate surface area is 138 Å². The van der Waals surface area contributed by atoms with Crippen molar-refractivity contribution in [2.75, 3.05) is 32.7 Å². The van der Waals surface area contributed by atoms with Gasteiger partial charge in [0.2, 0.25) is 0 Å².